The SMILES string of the molecule is Cc1ccc(-c2ccc(/C=C3/SC(=O)N(CC(=O)N4CCOCC4)C3=O)o2)cc1[N+](=O)[O-]. The average molecular weight is 457 g/mol. The molecule has 0 bridgehead atoms. The number of aryl methyl sites for hydroxylation is 1. The van der Waals surface area contributed by atoms with E-state index in [0.29, 0.717) is 49.0 Å². The molecule has 3 heterocycles. The molecule has 0 spiro atoms. The highest BCUT2D eigenvalue weighted by atomic mass is 32.2. The van der Waals surface area contributed by atoms with Gasteiger partial charge >= 0.3 is 0 Å². The molecule has 1 aromatic carbocycles. The van der Waals surface area contributed by atoms with Crippen LogP contribution >= 0.6 is 11.8 Å². The minimum absolute atomic E-state index is 0.0218. The fourth-order valence-electron chi connectivity index (χ4n) is 3.36. The minimum atomic E-state index is -0.564. The molecule has 11 heteroatoms. The summed E-state index contributed by atoms with van der Waals surface area (Å²) in [4.78, 5) is 50.7. The molecule has 0 atom stereocenters. The number of morpholine rings is 1. The third-order valence-electron chi connectivity index (χ3n) is 5.12. The van der Waals surface area contributed by atoms with E-state index < -0.39 is 16.1 Å². The number of nitro benzene ring substituents is 1. The van der Waals surface area contributed by atoms with Crippen molar-refractivity contribution in [2.75, 3.05) is 32.8 Å². The van der Waals surface area contributed by atoms with E-state index in [1.807, 2.05) is 0 Å². The molecule has 2 fully saturated rings. The van der Waals surface area contributed by atoms with Crippen LogP contribution in [0.15, 0.2) is 39.7 Å². The van der Waals surface area contributed by atoms with Gasteiger partial charge in [-0.15, -0.1) is 0 Å². The van der Waals surface area contributed by atoms with Crippen LogP contribution in [0.1, 0.15) is 11.3 Å². The summed E-state index contributed by atoms with van der Waals surface area (Å²) in [6.45, 7) is 3.04. The molecular formula is C21H19N3O7S. The van der Waals surface area contributed by atoms with Gasteiger partial charge < -0.3 is 14.1 Å². The smallest absolute Gasteiger partial charge is 0.294 e. The highest BCUT2D eigenvalue weighted by Gasteiger charge is 2.37. The zero-order valence-corrected chi connectivity index (χ0v) is 17.9. The van der Waals surface area contributed by atoms with Crippen molar-refractivity contribution in [1.82, 2.24) is 9.80 Å². The molecule has 3 amide bonds. The summed E-state index contributed by atoms with van der Waals surface area (Å²) in [6.07, 6.45) is 1.43. The van der Waals surface area contributed by atoms with Crippen LogP contribution in [0.2, 0.25) is 0 Å². The first-order valence-corrected chi connectivity index (χ1v) is 10.6. The number of nitro groups is 1. The van der Waals surface area contributed by atoms with Crippen LogP contribution in [-0.2, 0) is 14.3 Å². The first-order valence-electron chi connectivity index (χ1n) is 9.79. The number of hydrogen-bond donors (Lipinski definition) is 0. The highest BCUT2D eigenvalue weighted by molar-refractivity contribution is 8.18. The van der Waals surface area contributed by atoms with E-state index in [9.17, 15) is 24.5 Å². The van der Waals surface area contributed by atoms with Crippen LogP contribution in [0.5, 0.6) is 0 Å². The summed E-state index contributed by atoms with van der Waals surface area (Å²) in [7, 11) is 0. The van der Waals surface area contributed by atoms with Gasteiger partial charge in [0.15, 0.2) is 0 Å². The molecule has 0 radical (unpaired) electrons. The Bertz CT molecular complexity index is 1130. The lowest BCUT2D eigenvalue weighted by Gasteiger charge is -2.27. The maximum atomic E-state index is 12.7. The Kier molecular flexibility index (Phi) is 6.10. The third-order valence-corrected chi connectivity index (χ3v) is 6.03. The largest absolute Gasteiger partial charge is 0.457 e. The van der Waals surface area contributed by atoms with Gasteiger partial charge in [-0.1, -0.05) is 12.1 Å². The molecule has 10 nitrogen and oxygen atoms in total. The Labute approximate surface area is 186 Å². The molecule has 2 saturated heterocycles. The van der Waals surface area contributed by atoms with Gasteiger partial charge in [-0.05, 0) is 30.8 Å². The van der Waals surface area contributed by atoms with Crippen molar-refractivity contribution in [2.45, 2.75) is 6.92 Å². The monoisotopic (exact) mass is 457 g/mol. The second-order valence-electron chi connectivity index (χ2n) is 7.22. The molecule has 4 rings (SSSR count). The molecule has 2 aliphatic heterocycles. The molecule has 0 N–H and O–H groups in total. The van der Waals surface area contributed by atoms with E-state index in [0.717, 1.165) is 16.7 Å². The number of thioether (sulfide) groups is 1. The van der Waals surface area contributed by atoms with E-state index in [1.54, 1.807) is 36.1 Å². The van der Waals surface area contributed by atoms with Gasteiger partial charge in [-0.2, -0.15) is 0 Å². The summed E-state index contributed by atoms with van der Waals surface area (Å²) in [6, 6.07) is 7.99. The Hall–Kier alpha value is -3.44. The van der Waals surface area contributed by atoms with Gasteiger partial charge in [0.25, 0.3) is 16.8 Å². The van der Waals surface area contributed by atoms with Crippen LogP contribution in [0.3, 0.4) is 0 Å². The number of rotatable bonds is 5. The minimum Gasteiger partial charge on any atom is -0.457 e. The quantitative estimate of drug-likeness (QED) is 0.381. The molecule has 1 aromatic heterocycles. The Morgan fingerprint density at radius 1 is 1.22 bits per heavy atom. The summed E-state index contributed by atoms with van der Waals surface area (Å²) < 4.78 is 10.9. The van der Waals surface area contributed by atoms with Crippen LogP contribution in [0.25, 0.3) is 17.4 Å². The number of carbonyl (C=O) groups is 3. The first-order chi connectivity index (χ1) is 15.3. The van der Waals surface area contributed by atoms with E-state index in [-0.39, 0.29) is 23.0 Å². The topological polar surface area (TPSA) is 123 Å². The lowest BCUT2D eigenvalue weighted by Crippen LogP contribution is -2.46. The second kappa shape index (κ2) is 8.97. The lowest BCUT2D eigenvalue weighted by molar-refractivity contribution is -0.385. The van der Waals surface area contributed by atoms with E-state index in [4.69, 9.17) is 9.15 Å². The molecule has 2 aromatic rings. The Morgan fingerprint density at radius 2 is 1.97 bits per heavy atom. The molecule has 0 saturated carbocycles. The standard InChI is InChI=1S/C21H19N3O7S/c1-13-2-3-14(10-16(13)24(28)29)17-5-4-15(31-17)11-18-20(26)23(21(27)32-18)12-19(25)22-6-8-30-9-7-22/h2-5,10-11H,6-9,12H2,1H3/b18-11+. The van der Waals surface area contributed by atoms with Crippen LogP contribution < -0.4 is 0 Å². The van der Waals surface area contributed by atoms with Gasteiger partial charge in [-0.25, -0.2) is 0 Å². The normalized spacial score (nSPS) is 18.0. The van der Waals surface area contributed by atoms with Gasteiger partial charge in [0.05, 0.1) is 23.0 Å². The summed E-state index contributed by atoms with van der Waals surface area (Å²) >= 11 is 0.732. The summed E-state index contributed by atoms with van der Waals surface area (Å²) in [5, 5.41) is 10.6. The summed E-state index contributed by atoms with van der Waals surface area (Å²) in [5.41, 5.74) is 1.03. The fraction of sp³-hybridized carbons (Fsp3) is 0.286. The van der Waals surface area contributed by atoms with Gasteiger partial charge in [0.2, 0.25) is 5.91 Å². The predicted molar refractivity (Wildman–Crippen MR) is 116 cm³/mol. The average Bonchev–Trinajstić information content (AvgIpc) is 3.35. The van der Waals surface area contributed by atoms with Crippen LogP contribution in [0, 0.1) is 17.0 Å². The molecule has 166 valence electrons. The van der Waals surface area contributed by atoms with E-state index in [2.05, 4.69) is 0 Å². The number of amides is 3. The van der Waals surface area contributed by atoms with Crippen LogP contribution in [0.4, 0.5) is 10.5 Å². The summed E-state index contributed by atoms with van der Waals surface area (Å²) in [5.74, 6) is -0.169. The number of ether oxygens (including phenoxy) is 1. The maximum absolute atomic E-state index is 12.7. The Morgan fingerprint density at radius 3 is 2.69 bits per heavy atom. The first kappa shape index (κ1) is 21.8. The van der Waals surface area contributed by atoms with E-state index in [1.165, 1.54) is 12.1 Å². The van der Waals surface area contributed by atoms with Gasteiger partial charge in [0.1, 0.15) is 18.1 Å². The fourth-order valence-corrected chi connectivity index (χ4v) is 4.18. The third kappa shape index (κ3) is 4.43. The number of hydrogen-bond acceptors (Lipinski definition) is 8. The lowest BCUT2D eigenvalue weighted by atomic mass is 10.1. The molecule has 2 aliphatic rings. The predicted octanol–water partition coefficient (Wildman–Crippen LogP) is 3.06. The number of furan rings is 1. The van der Waals surface area contributed by atoms with Crippen molar-refractivity contribution in [3.8, 4) is 11.3 Å². The number of nitrogens with zero attached hydrogens (tertiary/aromatic N) is 3. The molecular weight excluding hydrogens is 438 g/mol. The second-order valence-corrected chi connectivity index (χ2v) is 8.21. The van der Waals surface area contributed by atoms with E-state index >= 15 is 0 Å². The highest BCUT2D eigenvalue weighted by Crippen LogP contribution is 2.34. The van der Waals surface area contributed by atoms with Crippen molar-refractivity contribution in [3.63, 3.8) is 0 Å². The molecule has 0 aliphatic carbocycles. The van der Waals surface area contributed by atoms with Crippen molar-refractivity contribution in [2.24, 2.45) is 0 Å². The zero-order chi connectivity index (χ0) is 22.8. The molecule has 32 heavy (non-hydrogen) atoms. The molecule has 0 unspecified atom stereocenters. The van der Waals surface area contributed by atoms with Crippen molar-refractivity contribution < 1.29 is 28.5 Å². The number of carbonyl (C=O) groups excluding carboxylic acids is 3. The number of benzene rings is 1. The van der Waals surface area contributed by atoms with Crippen LogP contribution in [-0.4, -0.2) is 64.6 Å². The van der Waals surface area contributed by atoms with Gasteiger partial charge in [-0.3, -0.25) is 29.4 Å². The van der Waals surface area contributed by atoms with Crippen molar-refractivity contribution in [1.29, 1.82) is 0 Å². The maximum Gasteiger partial charge on any atom is 0.294 e. The van der Waals surface area contributed by atoms with Crippen molar-refractivity contribution in [3.05, 3.63) is 56.7 Å². The van der Waals surface area contributed by atoms with Gasteiger partial charge in [0, 0.05) is 36.4 Å². The zero-order valence-electron chi connectivity index (χ0n) is 17.1. The number of imide groups is 1. The van der Waals surface area contributed by atoms with Crippen molar-refractivity contribution >= 4 is 40.6 Å². The Balaban J connectivity index is 1.49.